The normalized spacial score (nSPS) is 10.2. The molecule has 14 heavy (non-hydrogen) atoms. The first-order valence-electron chi connectivity index (χ1n) is 4.44. The fraction of sp³-hybridized carbons (Fsp3) is 0.273. The number of nitrogens with one attached hydrogen (secondary N) is 1. The minimum atomic E-state index is 0. The molecule has 0 atom stereocenters. The maximum Gasteiger partial charge on any atom is 0.0482 e. The highest BCUT2D eigenvalue weighted by Crippen LogP contribution is 2.26. The van der Waals surface area contributed by atoms with Crippen LogP contribution < -0.4 is 5.73 Å². The lowest BCUT2D eigenvalue weighted by Gasteiger charge is -1.99. The van der Waals surface area contributed by atoms with Crippen LogP contribution in [0, 0.1) is 20.8 Å². The molecule has 1 aromatic heterocycles. The second kappa shape index (κ2) is 3.54. The molecule has 0 amide bonds. The number of nitrogens with two attached hydrogens (primary N) is 1. The van der Waals surface area contributed by atoms with Crippen LogP contribution in [0.4, 0.5) is 5.69 Å². The first-order chi connectivity index (χ1) is 6.09. The molecule has 0 fully saturated rings. The Bertz CT molecular complexity index is 472. The van der Waals surface area contributed by atoms with Gasteiger partial charge in [-0.2, -0.15) is 0 Å². The van der Waals surface area contributed by atoms with Crippen LogP contribution >= 0.6 is 12.4 Å². The Morgan fingerprint density at radius 2 is 1.79 bits per heavy atom. The van der Waals surface area contributed by atoms with E-state index in [1.165, 1.54) is 22.2 Å². The minimum Gasteiger partial charge on any atom is -0.399 e. The quantitative estimate of drug-likeness (QED) is 0.645. The molecule has 1 heterocycles. The van der Waals surface area contributed by atoms with Gasteiger partial charge in [0.2, 0.25) is 0 Å². The van der Waals surface area contributed by atoms with Crippen LogP contribution in [-0.4, -0.2) is 4.98 Å². The van der Waals surface area contributed by atoms with Gasteiger partial charge >= 0.3 is 0 Å². The summed E-state index contributed by atoms with van der Waals surface area (Å²) in [5.74, 6) is 0. The SMILES string of the molecule is Cc1[nH]c2cc(N)cc(C)c2c1C.Cl. The lowest BCUT2D eigenvalue weighted by atomic mass is 10.1. The second-order valence-electron chi connectivity index (χ2n) is 3.64. The fourth-order valence-corrected chi connectivity index (χ4v) is 1.89. The van der Waals surface area contributed by atoms with Crippen LogP contribution in [0.5, 0.6) is 0 Å². The van der Waals surface area contributed by atoms with E-state index in [1.54, 1.807) is 0 Å². The number of H-pyrrole nitrogens is 1. The summed E-state index contributed by atoms with van der Waals surface area (Å²) in [6.45, 7) is 6.32. The summed E-state index contributed by atoms with van der Waals surface area (Å²) in [5.41, 5.74) is 11.5. The van der Waals surface area contributed by atoms with Gasteiger partial charge in [0.25, 0.3) is 0 Å². The predicted molar refractivity (Wildman–Crippen MR) is 64.2 cm³/mol. The second-order valence-corrected chi connectivity index (χ2v) is 3.64. The van der Waals surface area contributed by atoms with Gasteiger partial charge in [-0.1, -0.05) is 0 Å². The monoisotopic (exact) mass is 210 g/mol. The Balaban J connectivity index is 0.000000980. The smallest absolute Gasteiger partial charge is 0.0482 e. The molecule has 0 unspecified atom stereocenters. The topological polar surface area (TPSA) is 41.8 Å². The number of rotatable bonds is 0. The van der Waals surface area contributed by atoms with E-state index in [4.69, 9.17) is 5.73 Å². The number of aromatic amines is 1. The van der Waals surface area contributed by atoms with Gasteiger partial charge in [0.05, 0.1) is 0 Å². The number of aromatic nitrogens is 1. The molecule has 0 aliphatic carbocycles. The van der Waals surface area contributed by atoms with Crippen molar-refractivity contribution in [3.8, 4) is 0 Å². The molecule has 0 saturated carbocycles. The predicted octanol–water partition coefficient (Wildman–Crippen LogP) is 3.10. The van der Waals surface area contributed by atoms with Gasteiger partial charge in [-0.25, -0.2) is 0 Å². The summed E-state index contributed by atoms with van der Waals surface area (Å²) in [7, 11) is 0. The summed E-state index contributed by atoms with van der Waals surface area (Å²) < 4.78 is 0. The maximum absolute atomic E-state index is 5.76. The summed E-state index contributed by atoms with van der Waals surface area (Å²) in [6, 6.07) is 4.00. The number of aryl methyl sites for hydroxylation is 3. The van der Waals surface area contributed by atoms with Crippen LogP contribution in [0.2, 0.25) is 0 Å². The average molecular weight is 211 g/mol. The van der Waals surface area contributed by atoms with Crippen LogP contribution in [0.1, 0.15) is 16.8 Å². The first-order valence-corrected chi connectivity index (χ1v) is 4.44. The van der Waals surface area contributed by atoms with Gasteiger partial charge in [-0.15, -0.1) is 12.4 Å². The number of fused-ring (bicyclic) bond motifs is 1. The van der Waals surface area contributed by atoms with E-state index in [-0.39, 0.29) is 12.4 Å². The molecule has 3 heteroatoms. The van der Waals surface area contributed by atoms with Crippen molar-refractivity contribution in [2.45, 2.75) is 20.8 Å². The van der Waals surface area contributed by atoms with E-state index in [2.05, 4.69) is 25.8 Å². The van der Waals surface area contributed by atoms with Gasteiger partial charge in [0, 0.05) is 22.3 Å². The largest absolute Gasteiger partial charge is 0.399 e. The highest BCUT2D eigenvalue weighted by atomic mass is 35.5. The van der Waals surface area contributed by atoms with Crippen molar-refractivity contribution in [3.63, 3.8) is 0 Å². The van der Waals surface area contributed by atoms with Gasteiger partial charge < -0.3 is 10.7 Å². The van der Waals surface area contributed by atoms with E-state index >= 15 is 0 Å². The molecule has 2 nitrogen and oxygen atoms in total. The van der Waals surface area contributed by atoms with Gasteiger partial charge in [0.15, 0.2) is 0 Å². The minimum absolute atomic E-state index is 0. The van der Waals surface area contributed by atoms with E-state index < -0.39 is 0 Å². The molecule has 0 radical (unpaired) electrons. The highest BCUT2D eigenvalue weighted by Gasteiger charge is 2.06. The van der Waals surface area contributed by atoms with Crippen molar-refractivity contribution in [1.82, 2.24) is 4.98 Å². The van der Waals surface area contributed by atoms with Crippen LogP contribution in [-0.2, 0) is 0 Å². The lowest BCUT2D eigenvalue weighted by molar-refractivity contribution is 1.25. The third-order valence-electron chi connectivity index (χ3n) is 2.62. The third-order valence-corrected chi connectivity index (χ3v) is 2.62. The zero-order chi connectivity index (χ0) is 9.59. The van der Waals surface area contributed by atoms with Crippen LogP contribution in [0.3, 0.4) is 0 Å². The van der Waals surface area contributed by atoms with Crippen molar-refractivity contribution in [2.75, 3.05) is 5.73 Å². The van der Waals surface area contributed by atoms with Gasteiger partial charge in [-0.05, 0) is 44.0 Å². The highest BCUT2D eigenvalue weighted by molar-refractivity contribution is 5.90. The van der Waals surface area contributed by atoms with Crippen molar-refractivity contribution in [3.05, 3.63) is 29.0 Å². The molecule has 2 aromatic rings. The molecule has 0 bridgehead atoms. The van der Waals surface area contributed by atoms with E-state index in [0.717, 1.165) is 11.2 Å². The Morgan fingerprint density at radius 1 is 1.14 bits per heavy atom. The Labute approximate surface area is 89.9 Å². The summed E-state index contributed by atoms with van der Waals surface area (Å²) in [6.07, 6.45) is 0. The molecule has 0 aliphatic heterocycles. The molecule has 0 saturated heterocycles. The molecule has 3 N–H and O–H groups in total. The number of nitrogen functional groups attached to an aromatic ring is 1. The third kappa shape index (κ3) is 1.46. The van der Waals surface area contributed by atoms with Gasteiger partial charge in [-0.3, -0.25) is 0 Å². The molecule has 1 aromatic carbocycles. The number of benzene rings is 1. The number of anilines is 1. The number of halogens is 1. The Kier molecular flexibility index (Phi) is 2.76. The summed E-state index contributed by atoms with van der Waals surface area (Å²) in [5, 5.41) is 1.31. The Hall–Kier alpha value is -1.15. The fourth-order valence-electron chi connectivity index (χ4n) is 1.89. The van der Waals surface area contributed by atoms with Crippen LogP contribution in [0.15, 0.2) is 12.1 Å². The zero-order valence-electron chi connectivity index (χ0n) is 8.64. The van der Waals surface area contributed by atoms with Crippen molar-refractivity contribution < 1.29 is 0 Å². The summed E-state index contributed by atoms with van der Waals surface area (Å²) >= 11 is 0. The molecular formula is C11H15ClN2. The number of hydrogen-bond acceptors (Lipinski definition) is 1. The zero-order valence-corrected chi connectivity index (χ0v) is 9.46. The van der Waals surface area contributed by atoms with E-state index in [9.17, 15) is 0 Å². The van der Waals surface area contributed by atoms with Crippen molar-refractivity contribution in [2.24, 2.45) is 0 Å². The first kappa shape index (κ1) is 10.9. The molecule has 0 spiro atoms. The lowest BCUT2D eigenvalue weighted by Crippen LogP contribution is -1.86. The maximum atomic E-state index is 5.76. The van der Waals surface area contributed by atoms with Crippen molar-refractivity contribution >= 4 is 29.0 Å². The Morgan fingerprint density at radius 3 is 2.43 bits per heavy atom. The van der Waals surface area contributed by atoms with E-state index in [0.29, 0.717) is 0 Å². The molecule has 0 aliphatic rings. The van der Waals surface area contributed by atoms with Gasteiger partial charge in [0.1, 0.15) is 0 Å². The van der Waals surface area contributed by atoms with Crippen LogP contribution in [0.25, 0.3) is 10.9 Å². The average Bonchev–Trinajstić information content (AvgIpc) is 2.27. The number of hydrogen-bond donors (Lipinski definition) is 2. The molecule has 76 valence electrons. The standard InChI is InChI=1S/C11H14N2.ClH/c1-6-4-9(12)5-10-11(6)7(2)8(3)13-10;/h4-5,13H,12H2,1-3H3;1H. The van der Waals surface area contributed by atoms with E-state index in [1.807, 2.05) is 12.1 Å². The molecule has 2 rings (SSSR count). The van der Waals surface area contributed by atoms with Crippen molar-refractivity contribution in [1.29, 1.82) is 0 Å². The summed E-state index contributed by atoms with van der Waals surface area (Å²) in [4.78, 5) is 3.33. The molecular weight excluding hydrogens is 196 g/mol.